The Bertz CT molecular complexity index is 1110. The SMILES string of the molecule is Cc1cccc(C)c1-n1c(C)cc(/C=N\NC(=O)[C@H]2COc3ccccc3O2)c1C. The van der Waals surface area contributed by atoms with E-state index in [1.165, 1.54) is 16.8 Å². The molecule has 154 valence electrons. The molecule has 3 aromatic rings. The van der Waals surface area contributed by atoms with E-state index < -0.39 is 6.10 Å². The van der Waals surface area contributed by atoms with Gasteiger partial charge in [-0.2, -0.15) is 5.10 Å². The van der Waals surface area contributed by atoms with Gasteiger partial charge in [0.25, 0.3) is 5.91 Å². The van der Waals surface area contributed by atoms with Crippen LogP contribution in [0.4, 0.5) is 0 Å². The number of ether oxygens (including phenoxy) is 2. The van der Waals surface area contributed by atoms with Crippen molar-refractivity contribution in [2.75, 3.05) is 6.61 Å². The predicted molar refractivity (Wildman–Crippen MR) is 117 cm³/mol. The second-order valence-electron chi connectivity index (χ2n) is 7.50. The van der Waals surface area contributed by atoms with Crippen LogP contribution in [0.5, 0.6) is 11.5 Å². The van der Waals surface area contributed by atoms with E-state index in [0.29, 0.717) is 11.5 Å². The third kappa shape index (κ3) is 3.68. The second-order valence-corrected chi connectivity index (χ2v) is 7.50. The topological polar surface area (TPSA) is 64.9 Å². The summed E-state index contributed by atoms with van der Waals surface area (Å²) in [5.41, 5.74) is 9.29. The van der Waals surface area contributed by atoms with E-state index in [0.717, 1.165) is 17.0 Å². The summed E-state index contributed by atoms with van der Waals surface area (Å²) in [5, 5.41) is 4.15. The number of para-hydroxylation sites is 3. The molecule has 0 bridgehead atoms. The Morgan fingerprint density at radius 3 is 2.50 bits per heavy atom. The predicted octanol–water partition coefficient (Wildman–Crippen LogP) is 4.00. The highest BCUT2D eigenvalue weighted by atomic mass is 16.6. The average Bonchev–Trinajstić information content (AvgIpc) is 3.01. The second kappa shape index (κ2) is 8.06. The van der Waals surface area contributed by atoms with Gasteiger partial charge in [0.15, 0.2) is 11.5 Å². The third-order valence-electron chi connectivity index (χ3n) is 5.31. The molecule has 4 rings (SSSR count). The summed E-state index contributed by atoms with van der Waals surface area (Å²) < 4.78 is 13.5. The van der Waals surface area contributed by atoms with Crippen LogP contribution in [0.15, 0.2) is 53.6 Å². The average molecular weight is 403 g/mol. The smallest absolute Gasteiger partial charge is 0.284 e. The Hall–Kier alpha value is -3.54. The van der Waals surface area contributed by atoms with Crippen molar-refractivity contribution in [3.63, 3.8) is 0 Å². The first-order valence-corrected chi connectivity index (χ1v) is 9.92. The molecule has 1 N–H and O–H groups in total. The molecule has 1 aromatic heterocycles. The van der Waals surface area contributed by atoms with E-state index in [-0.39, 0.29) is 12.5 Å². The van der Waals surface area contributed by atoms with E-state index in [4.69, 9.17) is 9.47 Å². The van der Waals surface area contributed by atoms with Crippen LogP contribution < -0.4 is 14.9 Å². The number of nitrogens with one attached hydrogen (secondary N) is 1. The van der Waals surface area contributed by atoms with Crippen LogP contribution in [0, 0.1) is 27.7 Å². The van der Waals surface area contributed by atoms with Gasteiger partial charge in [-0.25, -0.2) is 5.43 Å². The minimum absolute atomic E-state index is 0.152. The van der Waals surface area contributed by atoms with Crippen LogP contribution in [0.1, 0.15) is 28.1 Å². The van der Waals surface area contributed by atoms with Gasteiger partial charge in [-0.1, -0.05) is 30.3 Å². The lowest BCUT2D eigenvalue weighted by atomic mass is 10.1. The fourth-order valence-corrected chi connectivity index (χ4v) is 3.81. The highest BCUT2D eigenvalue weighted by Crippen LogP contribution is 2.31. The monoisotopic (exact) mass is 403 g/mol. The first kappa shape index (κ1) is 19.8. The minimum Gasteiger partial charge on any atom is -0.485 e. The van der Waals surface area contributed by atoms with Gasteiger partial charge in [0.2, 0.25) is 6.10 Å². The Kier molecular flexibility index (Phi) is 5.31. The normalized spacial score (nSPS) is 15.4. The lowest BCUT2D eigenvalue weighted by Gasteiger charge is -2.24. The number of rotatable bonds is 4. The first-order chi connectivity index (χ1) is 14.5. The van der Waals surface area contributed by atoms with Crippen molar-refractivity contribution in [2.45, 2.75) is 33.8 Å². The number of aromatic nitrogens is 1. The summed E-state index contributed by atoms with van der Waals surface area (Å²) in [6.45, 7) is 8.50. The molecule has 0 unspecified atom stereocenters. The number of fused-ring (bicyclic) bond motifs is 1. The van der Waals surface area contributed by atoms with Gasteiger partial charge in [-0.15, -0.1) is 0 Å². The maximum Gasteiger partial charge on any atom is 0.284 e. The number of benzene rings is 2. The van der Waals surface area contributed by atoms with Gasteiger partial charge >= 0.3 is 0 Å². The molecule has 30 heavy (non-hydrogen) atoms. The molecular weight excluding hydrogens is 378 g/mol. The molecule has 0 spiro atoms. The number of aryl methyl sites for hydroxylation is 3. The Morgan fingerprint density at radius 2 is 1.77 bits per heavy atom. The molecule has 1 atom stereocenters. The van der Waals surface area contributed by atoms with Gasteiger partial charge in [-0.05, 0) is 57.0 Å². The van der Waals surface area contributed by atoms with Crippen molar-refractivity contribution in [2.24, 2.45) is 5.10 Å². The van der Waals surface area contributed by atoms with E-state index in [2.05, 4.69) is 67.1 Å². The Balaban J connectivity index is 1.48. The zero-order valence-electron chi connectivity index (χ0n) is 17.6. The van der Waals surface area contributed by atoms with Crippen LogP contribution in [-0.4, -0.2) is 29.4 Å². The molecule has 1 aliphatic rings. The summed E-state index contributed by atoms with van der Waals surface area (Å²) >= 11 is 0. The lowest BCUT2D eigenvalue weighted by Crippen LogP contribution is -2.42. The zero-order valence-corrected chi connectivity index (χ0v) is 17.6. The first-order valence-electron chi connectivity index (χ1n) is 9.92. The van der Waals surface area contributed by atoms with Crippen molar-refractivity contribution in [3.8, 4) is 17.2 Å². The van der Waals surface area contributed by atoms with Gasteiger partial charge in [0, 0.05) is 17.0 Å². The summed E-state index contributed by atoms with van der Waals surface area (Å²) in [5.74, 6) is 0.860. The van der Waals surface area contributed by atoms with Crippen molar-refractivity contribution in [3.05, 3.63) is 76.6 Å². The molecule has 0 fully saturated rings. The number of nitrogens with zero attached hydrogens (tertiary/aromatic N) is 2. The largest absolute Gasteiger partial charge is 0.485 e. The van der Waals surface area contributed by atoms with Gasteiger partial charge < -0.3 is 14.0 Å². The molecule has 0 aliphatic carbocycles. The van der Waals surface area contributed by atoms with Crippen molar-refractivity contribution in [1.29, 1.82) is 0 Å². The van der Waals surface area contributed by atoms with E-state index in [1.54, 1.807) is 12.3 Å². The van der Waals surface area contributed by atoms with Crippen LogP contribution in [0.25, 0.3) is 5.69 Å². The Labute approximate surface area is 176 Å². The third-order valence-corrected chi connectivity index (χ3v) is 5.31. The van der Waals surface area contributed by atoms with E-state index >= 15 is 0 Å². The fourth-order valence-electron chi connectivity index (χ4n) is 3.81. The van der Waals surface area contributed by atoms with Crippen molar-refractivity contribution < 1.29 is 14.3 Å². The quantitative estimate of drug-likeness (QED) is 0.529. The number of carbonyl (C=O) groups excluding carboxylic acids is 1. The van der Waals surface area contributed by atoms with E-state index in [9.17, 15) is 4.79 Å². The van der Waals surface area contributed by atoms with Crippen LogP contribution in [0.2, 0.25) is 0 Å². The summed E-state index contributed by atoms with van der Waals surface area (Å²) in [6, 6.07) is 15.6. The maximum atomic E-state index is 12.4. The molecule has 1 amide bonds. The Morgan fingerprint density at radius 1 is 1.07 bits per heavy atom. The van der Waals surface area contributed by atoms with E-state index in [1.807, 2.05) is 18.2 Å². The van der Waals surface area contributed by atoms with Crippen molar-refractivity contribution in [1.82, 2.24) is 9.99 Å². The van der Waals surface area contributed by atoms with Crippen LogP contribution >= 0.6 is 0 Å². The number of hydrogen-bond acceptors (Lipinski definition) is 4. The molecule has 1 aliphatic heterocycles. The van der Waals surface area contributed by atoms with Gasteiger partial charge in [-0.3, -0.25) is 4.79 Å². The highest BCUT2D eigenvalue weighted by Gasteiger charge is 2.27. The number of amides is 1. The maximum absolute atomic E-state index is 12.4. The minimum atomic E-state index is -0.737. The number of hydrogen-bond donors (Lipinski definition) is 1. The number of carbonyl (C=O) groups is 1. The molecule has 0 saturated carbocycles. The summed E-state index contributed by atoms with van der Waals surface area (Å²) in [4.78, 5) is 12.4. The van der Waals surface area contributed by atoms with Gasteiger partial charge in [0.1, 0.15) is 6.61 Å². The number of hydrazone groups is 1. The fraction of sp³-hybridized carbons (Fsp3) is 0.250. The lowest BCUT2D eigenvalue weighted by molar-refractivity contribution is -0.130. The van der Waals surface area contributed by atoms with Gasteiger partial charge in [0.05, 0.1) is 11.9 Å². The molecule has 2 aromatic carbocycles. The van der Waals surface area contributed by atoms with Crippen LogP contribution in [-0.2, 0) is 4.79 Å². The molecule has 6 nitrogen and oxygen atoms in total. The molecule has 6 heteroatoms. The molecular formula is C24H25N3O3. The summed E-state index contributed by atoms with van der Waals surface area (Å²) in [6.07, 6.45) is 0.932. The molecule has 2 heterocycles. The van der Waals surface area contributed by atoms with Crippen molar-refractivity contribution >= 4 is 12.1 Å². The highest BCUT2D eigenvalue weighted by molar-refractivity contribution is 5.86. The summed E-state index contributed by atoms with van der Waals surface area (Å²) in [7, 11) is 0. The molecule has 0 radical (unpaired) electrons. The zero-order chi connectivity index (χ0) is 21.3. The standard InChI is InChI=1S/C24H25N3O3/c1-15-8-7-9-16(2)23(15)27-17(3)12-19(18(27)4)13-25-26-24(28)22-14-29-20-10-5-6-11-21(20)30-22/h5-13,22H,14H2,1-4H3,(H,26,28)/b25-13-/t22-/m1/s1. The molecule has 0 saturated heterocycles. The van der Waals surface area contributed by atoms with Crippen LogP contribution in [0.3, 0.4) is 0 Å².